The second-order valence-electron chi connectivity index (χ2n) is 14.1. The number of aromatic nitrogens is 4. The monoisotopic (exact) mass is 612 g/mol. The Kier molecular flexibility index (Phi) is 7.10. The van der Waals surface area contributed by atoms with Gasteiger partial charge in [0, 0.05) is 20.9 Å². The highest BCUT2D eigenvalue weighted by Gasteiger charge is 2.19. The SMILES string of the molecule is CC(C)(C)Cc1cc2ncnc(-c3cccc(-c4cccc5ccc(-c6ncnc7cc(CC(C)(C)C)sc67)cc45)c3)c2s1. The zero-order chi connectivity index (χ0) is 30.6. The van der Waals surface area contributed by atoms with Crippen LogP contribution >= 0.6 is 22.7 Å². The van der Waals surface area contributed by atoms with Gasteiger partial charge in [0.25, 0.3) is 0 Å². The topological polar surface area (TPSA) is 51.6 Å². The first-order valence-corrected chi connectivity index (χ1v) is 16.7. The number of hydrogen-bond donors (Lipinski definition) is 0. The van der Waals surface area contributed by atoms with Crippen LogP contribution < -0.4 is 0 Å². The minimum Gasteiger partial charge on any atom is -0.235 e. The van der Waals surface area contributed by atoms with Crippen LogP contribution in [-0.2, 0) is 12.8 Å². The van der Waals surface area contributed by atoms with E-state index in [0.717, 1.165) is 55.8 Å². The Balaban J connectivity index is 1.31. The van der Waals surface area contributed by atoms with Crippen molar-refractivity contribution in [1.82, 2.24) is 19.9 Å². The third-order valence-corrected chi connectivity index (χ3v) is 10.00. The van der Waals surface area contributed by atoms with Crippen molar-refractivity contribution in [1.29, 1.82) is 0 Å². The number of thiophene rings is 2. The Labute approximate surface area is 266 Å². The first-order valence-electron chi connectivity index (χ1n) is 15.1. The molecule has 0 aliphatic heterocycles. The lowest BCUT2D eigenvalue weighted by molar-refractivity contribution is 0.414. The summed E-state index contributed by atoms with van der Waals surface area (Å²) in [6.07, 6.45) is 5.44. The highest BCUT2D eigenvalue weighted by atomic mass is 32.1. The third kappa shape index (κ3) is 5.76. The molecule has 4 heterocycles. The summed E-state index contributed by atoms with van der Waals surface area (Å²) in [7, 11) is 0. The van der Waals surface area contributed by atoms with E-state index < -0.39 is 0 Å². The van der Waals surface area contributed by atoms with Crippen molar-refractivity contribution < 1.29 is 0 Å². The van der Waals surface area contributed by atoms with Crippen LogP contribution in [0.25, 0.3) is 64.8 Å². The molecule has 0 spiro atoms. The van der Waals surface area contributed by atoms with Gasteiger partial charge in [-0.25, -0.2) is 19.9 Å². The van der Waals surface area contributed by atoms with Crippen molar-refractivity contribution in [3.8, 4) is 33.6 Å². The van der Waals surface area contributed by atoms with Gasteiger partial charge in [-0.05, 0) is 69.8 Å². The summed E-state index contributed by atoms with van der Waals surface area (Å²) < 4.78 is 2.30. The van der Waals surface area contributed by atoms with Gasteiger partial charge in [-0.2, -0.15) is 0 Å². The number of hydrogen-bond acceptors (Lipinski definition) is 6. The predicted octanol–water partition coefficient (Wildman–Crippen LogP) is 11.0. The number of rotatable bonds is 5. The summed E-state index contributed by atoms with van der Waals surface area (Å²) >= 11 is 3.64. The van der Waals surface area contributed by atoms with Gasteiger partial charge in [-0.3, -0.25) is 0 Å². The van der Waals surface area contributed by atoms with Crippen LogP contribution in [0.4, 0.5) is 0 Å². The smallest absolute Gasteiger partial charge is 0.116 e. The van der Waals surface area contributed by atoms with Crippen molar-refractivity contribution >= 4 is 53.9 Å². The van der Waals surface area contributed by atoms with Gasteiger partial charge in [0.1, 0.15) is 12.7 Å². The quantitative estimate of drug-likeness (QED) is 0.194. The second-order valence-corrected chi connectivity index (χ2v) is 16.4. The molecule has 3 aromatic carbocycles. The first kappa shape index (κ1) is 28.8. The molecule has 7 rings (SSSR count). The molecule has 7 aromatic rings. The lowest BCUT2D eigenvalue weighted by atomic mass is 9.91. The number of fused-ring (bicyclic) bond motifs is 3. The van der Waals surface area contributed by atoms with Crippen molar-refractivity contribution in [2.45, 2.75) is 54.4 Å². The second kappa shape index (κ2) is 10.9. The molecule has 0 aliphatic rings. The van der Waals surface area contributed by atoms with Crippen LogP contribution in [0.1, 0.15) is 51.3 Å². The van der Waals surface area contributed by atoms with Crippen molar-refractivity contribution in [3.05, 3.63) is 95.2 Å². The van der Waals surface area contributed by atoms with Gasteiger partial charge in [0.2, 0.25) is 0 Å². The van der Waals surface area contributed by atoms with E-state index in [-0.39, 0.29) is 10.8 Å². The van der Waals surface area contributed by atoms with E-state index in [9.17, 15) is 0 Å². The number of benzene rings is 3. The van der Waals surface area contributed by atoms with E-state index in [0.29, 0.717) is 0 Å². The minimum atomic E-state index is 0.219. The van der Waals surface area contributed by atoms with E-state index >= 15 is 0 Å². The lowest BCUT2D eigenvalue weighted by Crippen LogP contribution is -2.07. The molecule has 0 radical (unpaired) electrons. The standard InChI is InChI=1S/C38H36N4S2/c1-37(2,3)19-27-17-31-35(43-27)33(41-21-39-31)25-11-7-10-24(15-25)29-12-8-9-23-13-14-26(16-30(23)29)34-36-32(40-22-42-34)18-28(44-36)20-38(4,5)6/h7-18,21-22H,19-20H2,1-6H3. The van der Waals surface area contributed by atoms with E-state index in [4.69, 9.17) is 9.97 Å². The summed E-state index contributed by atoms with van der Waals surface area (Å²) in [5, 5.41) is 2.41. The fourth-order valence-electron chi connectivity index (χ4n) is 5.94. The summed E-state index contributed by atoms with van der Waals surface area (Å²) in [6.45, 7) is 13.7. The Morgan fingerprint density at radius 3 is 1.68 bits per heavy atom. The molecule has 0 aliphatic carbocycles. The van der Waals surface area contributed by atoms with Gasteiger partial charge in [0.05, 0.1) is 31.8 Å². The maximum Gasteiger partial charge on any atom is 0.116 e. The van der Waals surface area contributed by atoms with E-state index in [2.05, 4.69) is 124 Å². The van der Waals surface area contributed by atoms with Crippen molar-refractivity contribution in [2.24, 2.45) is 10.8 Å². The normalized spacial score (nSPS) is 12.5. The minimum absolute atomic E-state index is 0.219. The fourth-order valence-corrected chi connectivity index (χ4v) is 8.79. The number of nitrogens with zero attached hydrogens (tertiary/aromatic N) is 4. The van der Waals surface area contributed by atoms with Crippen LogP contribution in [0.5, 0.6) is 0 Å². The van der Waals surface area contributed by atoms with E-state index in [1.807, 2.05) is 22.7 Å². The average Bonchev–Trinajstić information content (AvgIpc) is 3.57. The summed E-state index contributed by atoms with van der Waals surface area (Å²) in [5.41, 5.74) is 9.06. The Hall–Kier alpha value is -4.00. The summed E-state index contributed by atoms with van der Waals surface area (Å²) in [6, 6.07) is 26.5. The highest BCUT2D eigenvalue weighted by Crippen LogP contribution is 2.40. The maximum absolute atomic E-state index is 4.79. The van der Waals surface area contributed by atoms with Crippen LogP contribution in [-0.4, -0.2) is 19.9 Å². The van der Waals surface area contributed by atoms with Gasteiger partial charge < -0.3 is 0 Å². The molecule has 0 fully saturated rings. The van der Waals surface area contributed by atoms with Gasteiger partial charge >= 0.3 is 0 Å². The van der Waals surface area contributed by atoms with Gasteiger partial charge in [-0.1, -0.05) is 90.1 Å². The van der Waals surface area contributed by atoms with Crippen molar-refractivity contribution in [3.63, 3.8) is 0 Å². The zero-order valence-corrected chi connectivity index (χ0v) is 27.7. The first-order chi connectivity index (χ1) is 21.0. The molecule has 4 nitrogen and oxygen atoms in total. The Morgan fingerprint density at radius 2 is 1.09 bits per heavy atom. The maximum atomic E-state index is 4.79. The Morgan fingerprint density at radius 1 is 0.545 bits per heavy atom. The van der Waals surface area contributed by atoms with Crippen LogP contribution in [0.15, 0.2) is 85.5 Å². The van der Waals surface area contributed by atoms with Gasteiger partial charge in [-0.15, -0.1) is 22.7 Å². The van der Waals surface area contributed by atoms with E-state index in [1.165, 1.54) is 31.7 Å². The molecule has 0 unspecified atom stereocenters. The summed E-state index contributed by atoms with van der Waals surface area (Å²) in [5.74, 6) is 0. The van der Waals surface area contributed by atoms with Crippen molar-refractivity contribution in [2.75, 3.05) is 0 Å². The molecule has 0 bridgehead atoms. The molecule has 4 aromatic heterocycles. The lowest BCUT2D eigenvalue weighted by Gasteiger charge is -2.16. The molecular weight excluding hydrogens is 577 g/mol. The molecule has 0 saturated heterocycles. The van der Waals surface area contributed by atoms with Gasteiger partial charge in [0.15, 0.2) is 0 Å². The Bertz CT molecular complexity index is 2160. The molecule has 0 saturated carbocycles. The molecule has 0 N–H and O–H groups in total. The van der Waals surface area contributed by atoms with Crippen LogP contribution in [0, 0.1) is 10.8 Å². The third-order valence-electron chi connectivity index (χ3n) is 7.74. The van der Waals surface area contributed by atoms with Crippen LogP contribution in [0.3, 0.4) is 0 Å². The van der Waals surface area contributed by atoms with Crippen LogP contribution in [0.2, 0.25) is 0 Å². The van der Waals surface area contributed by atoms with E-state index in [1.54, 1.807) is 12.7 Å². The molecular formula is C38H36N4S2. The molecule has 44 heavy (non-hydrogen) atoms. The molecule has 0 atom stereocenters. The zero-order valence-electron chi connectivity index (χ0n) is 26.1. The molecule has 6 heteroatoms. The predicted molar refractivity (Wildman–Crippen MR) is 189 cm³/mol. The summed E-state index contributed by atoms with van der Waals surface area (Å²) in [4.78, 5) is 21.5. The fraction of sp³-hybridized carbons (Fsp3) is 0.263. The molecule has 220 valence electrons. The highest BCUT2D eigenvalue weighted by molar-refractivity contribution is 7.19. The average molecular weight is 613 g/mol. The molecule has 0 amide bonds. The largest absolute Gasteiger partial charge is 0.235 e.